The molecule has 17 heavy (non-hydrogen) atoms. The van der Waals surface area contributed by atoms with Gasteiger partial charge in [-0.05, 0) is 71.6 Å². The number of rotatable bonds is 4. The molecule has 0 radical (unpaired) electrons. The van der Waals surface area contributed by atoms with Crippen molar-refractivity contribution < 1.29 is 4.74 Å². The minimum atomic E-state index is -0.0858. The smallest absolute Gasteiger partial charge is 0.133 e. The van der Waals surface area contributed by atoms with E-state index in [0.717, 1.165) is 35.6 Å². The zero-order valence-electron chi connectivity index (χ0n) is 9.92. The SMILES string of the molecule is NC1(c2ccc(OCC3CC3)c(Br)c2)CCC1. The molecule has 0 atom stereocenters. The molecule has 3 heteroatoms. The number of halogens is 1. The molecule has 0 aliphatic heterocycles. The summed E-state index contributed by atoms with van der Waals surface area (Å²) in [5.74, 6) is 1.73. The Morgan fingerprint density at radius 1 is 1.35 bits per heavy atom. The van der Waals surface area contributed by atoms with E-state index in [1.807, 2.05) is 0 Å². The first-order valence-electron chi connectivity index (χ1n) is 6.39. The average molecular weight is 296 g/mol. The lowest BCUT2D eigenvalue weighted by Crippen LogP contribution is -2.43. The Labute approximate surface area is 111 Å². The molecular weight excluding hydrogens is 278 g/mol. The highest BCUT2D eigenvalue weighted by molar-refractivity contribution is 9.10. The Morgan fingerprint density at radius 3 is 2.65 bits per heavy atom. The molecule has 3 rings (SSSR count). The predicted molar refractivity (Wildman–Crippen MR) is 72.1 cm³/mol. The van der Waals surface area contributed by atoms with Crippen LogP contribution in [0.3, 0.4) is 0 Å². The lowest BCUT2D eigenvalue weighted by Gasteiger charge is -2.38. The second-order valence-electron chi connectivity index (χ2n) is 5.41. The van der Waals surface area contributed by atoms with E-state index < -0.39 is 0 Å². The Bertz CT molecular complexity index is 424. The van der Waals surface area contributed by atoms with Gasteiger partial charge in [0.2, 0.25) is 0 Å². The van der Waals surface area contributed by atoms with Crippen LogP contribution in [0.4, 0.5) is 0 Å². The molecule has 2 aliphatic carbocycles. The summed E-state index contributed by atoms with van der Waals surface area (Å²) in [4.78, 5) is 0. The van der Waals surface area contributed by atoms with Gasteiger partial charge in [-0.1, -0.05) is 6.07 Å². The molecule has 2 N–H and O–H groups in total. The van der Waals surface area contributed by atoms with Crippen molar-refractivity contribution in [2.75, 3.05) is 6.61 Å². The average Bonchev–Trinajstić information content (AvgIpc) is 3.08. The van der Waals surface area contributed by atoms with Gasteiger partial charge in [-0.2, -0.15) is 0 Å². The van der Waals surface area contributed by atoms with Crippen LogP contribution in [0, 0.1) is 5.92 Å². The third-order valence-corrected chi connectivity index (χ3v) is 4.54. The molecular formula is C14H18BrNO. The van der Waals surface area contributed by atoms with Gasteiger partial charge in [0.15, 0.2) is 0 Å². The minimum absolute atomic E-state index is 0.0858. The molecule has 0 aromatic heterocycles. The highest BCUT2D eigenvalue weighted by Crippen LogP contribution is 2.41. The number of hydrogen-bond acceptors (Lipinski definition) is 2. The third-order valence-electron chi connectivity index (χ3n) is 3.92. The molecule has 2 aliphatic rings. The summed E-state index contributed by atoms with van der Waals surface area (Å²) < 4.78 is 6.83. The van der Waals surface area contributed by atoms with Crippen LogP contribution >= 0.6 is 15.9 Å². The van der Waals surface area contributed by atoms with Gasteiger partial charge >= 0.3 is 0 Å². The fourth-order valence-electron chi connectivity index (χ4n) is 2.27. The van der Waals surface area contributed by atoms with Gasteiger partial charge in [0.25, 0.3) is 0 Å². The van der Waals surface area contributed by atoms with Gasteiger partial charge in [0.05, 0.1) is 11.1 Å². The highest BCUT2D eigenvalue weighted by Gasteiger charge is 2.34. The zero-order valence-corrected chi connectivity index (χ0v) is 11.5. The first-order chi connectivity index (χ1) is 8.17. The fourth-order valence-corrected chi connectivity index (χ4v) is 2.76. The van der Waals surface area contributed by atoms with Crippen LogP contribution in [0.15, 0.2) is 22.7 Å². The highest BCUT2D eigenvalue weighted by atomic mass is 79.9. The van der Waals surface area contributed by atoms with Crippen molar-refractivity contribution in [3.8, 4) is 5.75 Å². The van der Waals surface area contributed by atoms with Crippen molar-refractivity contribution in [3.05, 3.63) is 28.2 Å². The molecule has 0 spiro atoms. The van der Waals surface area contributed by atoms with Gasteiger partial charge in [0.1, 0.15) is 5.75 Å². The molecule has 0 heterocycles. The van der Waals surface area contributed by atoms with Crippen molar-refractivity contribution in [3.63, 3.8) is 0 Å². The third kappa shape index (κ3) is 2.36. The van der Waals surface area contributed by atoms with E-state index in [0.29, 0.717) is 0 Å². The van der Waals surface area contributed by atoms with E-state index >= 15 is 0 Å². The summed E-state index contributed by atoms with van der Waals surface area (Å²) in [5.41, 5.74) is 7.46. The van der Waals surface area contributed by atoms with E-state index in [1.165, 1.54) is 24.8 Å². The number of nitrogens with two attached hydrogens (primary N) is 1. The van der Waals surface area contributed by atoms with Crippen LogP contribution in [-0.2, 0) is 5.54 Å². The Morgan fingerprint density at radius 2 is 2.12 bits per heavy atom. The van der Waals surface area contributed by atoms with Crippen molar-refractivity contribution in [2.45, 2.75) is 37.6 Å². The molecule has 92 valence electrons. The van der Waals surface area contributed by atoms with Crippen molar-refractivity contribution >= 4 is 15.9 Å². The molecule has 2 nitrogen and oxygen atoms in total. The van der Waals surface area contributed by atoms with E-state index in [2.05, 4.69) is 34.1 Å². The zero-order chi connectivity index (χ0) is 11.9. The fraction of sp³-hybridized carbons (Fsp3) is 0.571. The van der Waals surface area contributed by atoms with E-state index in [-0.39, 0.29) is 5.54 Å². The minimum Gasteiger partial charge on any atom is -0.492 e. The lowest BCUT2D eigenvalue weighted by molar-refractivity contribution is 0.252. The Balaban J connectivity index is 1.73. The molecule has 2 fully saturated rings. The maximum atomic E-state index is 6.31. The lowest BCUT2D eigenvalue weighted by atomic mass is 9.73. The van der Waals surface area contributed by atoms with E-state index in [1.54, 1.807) is 0 Å². The van der Waals surface area contributed by atoms with Crippen molar-refractivity contribution in [1.29, 1.82) is 0 Å². The molecule has 1 aromatic rings. The van der Waals surface area contributed by atoms with Crippen LogP contribution in [-0.4, -0.2) is 6.61 Å². The monoisotopic (exact) mass is 295 g/mol. The summed E-state index contributed by atoms with van der Waals surface area (Å²) in [6.45, 7) is 0.853. The van der Waals surface area contributed by atoms with Gasteiger partial charge in [-0.3, -0.25) is 0 Å². The van der Waals surface area contributed by atoms with Crippen molar-refractivity contribution in [1.82, 2.24) is 0 Å². The van der Waals surface area contributed by atoms with Crippen LogP contribution in [0.2, 0.25) is 0 Å². The van der Waals surface area contributed by atoms with Gasteiger partial charge in [-0.15, -0.1) is 0 Å². The maximum Gasteiger partial charge on any atom is 0.133 e. The summed E-state index contributed by atoms with van der Waals surface area (Å²) in [6.07, 6.45) is 6.08. The molecule has 0 saturated heterocycles. The van der Waals surface area contributed by atoms with Crippen LogP contribution in [0.1, 0.15) is 37.7 Å². The first-order valence-corrected chi connectivity index (χ1v) is 7.18. The second kappa shape index (κ2) is 4.29. The molecule has 0 bridgehead atoms. The molecule has 2 saturated carbocycles. The summed E-state index contributed by atoms with van der Waals surface area (Å²) in [5, 5.41) is 0. The quantitative estimate of drug-likeness (QED) is 0.921. The van der Waals surface area contributed by atoms with Gasteiger partial charge in [-0.25, -0.2) is 0 Å². The summed E-state index contributed by atoms with van der Waals surface area (Å²) in [6, 6.07) is 6.29. The number of benzene rings is 1. The second-order valence-corrected chi connectivity index (χ2v) is 6.26. The van der Waals surface area contributed by atoms with Crippen LogP contribution in [0.25, 0.3) is 0 Å². The normalized spacial score (nSPS) is 22.0. The molecule has 1 aromatic carbocycles. The van der Waals surface area contributed by atoms with Crippen LogP contribution < -0.4 is 10.5 Å². The number of hydrogen-bond donors (Lipinski definition) is 1. The van der Waals surface area contributed by atoms with Crippen LogP contribution in [0.5, 0.6) is 5.75 Å². The molecule has 0 unspecified atom stereocenters. The van der Waals surface area contributed by atoms with E-state index in [4.69, 9.17) is 10.5 Å². The van der Waals surface area contributed by atoms with Crippen molar-refractivity contribution in [2.24, 2.45) is 11.7 Å². The number of ether oxygens (including phenoxy) is 1. The molecule has 0 amide bonds. The van der Waals surface area contributed by atoms with E-state index in [9.17, 15) is 0 Å². The predicted octanol–water partition coefficient (Wildman–Crippen LogP) is 3.58. The van der Waals surface area contributed by atoms with Gasteiger partial charge < -0.3 is 10.5 Å². The first kappa shape index (κ1) is 11.5. The maximum absolute atomic E-state index is 6.31. The Hall–Kier alpha value is -0.540. The summed E-state index contributed by atoms with van der Waals surface area (Å²) in [7, 11) is 0. The standard InChI is InChI=1S/C14H18BrNO/c15-12-8-11(14(16)6-1-7-14)4-5-13(12)17-9-10-2-3-10/h4-5,8,10H,1-3,6-7,9,16H2. The van der Waals surface area contributed by atoms with Gasteiger partial charge in [0, 0.05) is 5.54 Å². The Kier molecular flexibility index (Phi) is 2.91. The topological polar surface area (TPSA) is 35.2 Å². The summed E-state index contributed by atoms with van der Waals surface area (Å²) >= 11 is 3.58. The largest absolute Gasteiger partial charge is 0.492 e.